The predicted molar refractivity (Wildman–Crippen MR) is 77.5 cm³/mol. The number of aliphatic hydroxyl groups is 1. The molecule has 0 bridgehead atoms. The molecule has 1 aliphatic heterocycles. The molecule has 1 aliphatic rings. The Morgan fingerprint density at radius 3 is 2.82 bits per heavy atom. The first-order chi connectivity index (χ1) is 7.91. The number of halogens is 1. The van der Waals surface area contributed by atoms with E-state index in [1.54, 1.807) is 0 Å². The smallest absolute Gasteiger partial charge is 0.107 e. The molecule has 0 saturated carbocycles. The number of nitrogens with zero attached hydrogens (tertiary/aromatic N) is 1. The van der Waals surface area contributed by atoms with Crippen LogP contribution < -0.4 is 10.6 Å². The zero-order valence-corrected chi connectivity index (χ0v) is 12.0. The Morgan fingerprint density at radius 1 is 1.59 bits per heavy atom. The predicted octanol–water partition coefficient (Wildman–Crippen LogP) is 2.04. The summed E-state index contributed by atoms with van der Waals surface area (Å²) in [7, 11) is 0. The second-order valence-electron chi connectivity index (χ2n) is 4.67. The fourth-order valence-electron chi connectivity index (χ4n) is 2.17. The van der Waals surface area contributed by atoms with Crippen molar-refractivity contribution in [3.8, 4) is 0 Å². The van der Waals surface area contributed by atoms with E-state index in [0.29, 0.717) is 11.5 Å². The Morgan fingerprint density at radius 2 is 2.29 bits per heavy atom. The van der Waals surface area contributed by atoms with E-state index >= 15 is 0 Å². The molecule has 5 heteroatoms. The van der Waals surface area contributed by atoms with Gasteiger partial charge in [0, 0.05) is 28.8 Å². The Balaban J connectivity index is 2.40. The van der Waals surface area contributed by atoms with Crippen molar-refractivity contribution in [2.45, 2.75) is 18.9 Å². The molecule has 0 radical (unpaired) electrons. The van der Waals surface area contributed by atoms with Gasteiger partial charge < -0.3 is 15.7 Å². The van der Waals surface area contributed by atoms with Crippen LogP contribution in [0.5, 0.6) is 0 Å². The van der Waals surface area contributed by atoms with Crippen LogP contribution >= 0.6 is 28.1 Å². The quantitative estimate of drug-likeness (QED) is 0.820. The van der Waals surface area contributed by atoms with Gasteiger partial charge in [-0.05, 0) is 41.4 Å². The fraction of sp³-hybridized carbons (Fsp3) is 0.417. The molecular formula is C12H15BrN2OS. The van der Waals surface area contributed by atoms with Crippen LogP contribution in [0.2, 0.25) is 0 Å². The maximum Gasteiger partial charge on any atom is 0.107 e. The Hall–Kier alpha value is -0.650. The molecule has 1 saturated heterocycles. The minimum Gasteiger partial charge on any atom is -0.389 e. The molecule has 1 heterocycles. The van der Waals surface area contributed by atoms with Crippen molar-refractivity contribution in [2.75, 3.05) is 18.0 Å². The van der Waals surface area contributed by atoms with Gasteiger partial charge in [-0.25, -0.2) is 0 Å². The maximum atomic E-state index is 10.0. The van der Waals surface area contributed by atoms with Gasteiger partial charge in [0.1, 0.15) is 4.99 Å². The SMILES string of the molecule is CC1(O)CCN(c2cccc(Br)c2C(N)=S)C1. The lowest BCUT2D eigenvalue weighted by atomic mass is 10.1. The van der Waals surface area contributed by atoms with Gasteiger partial charge >= 0.3 is 0 Å². The molecule has 1 fully saturated rings. The molecule has 0 amide bonds. The van der Waals surface area contributed by atoms with Gasteiger partial charge in [-0.3, -0.25) is 0 Å². The molecule has 92 valence electrons. The van der Waals surface area contributed by atoms with Gasteiger partial charge in [0.05, 0.1) is 5.60 Å². The lowest BCUT2D eigenvalue weighted by Crippen LogP contribution is -2.30. The van der Waals surface area contributed by atoms with E-state index < -0.39 is 5.60 Å². The zero-order chi connectivity index (χ0) is 12.6. The summed E-state index contributed by atoms with van der Waals surface area (Å²) in [6, 6.07) is 5.86. The first-order valence-corrected chi connectivity index (χ1v) is 6.66. The monoisotopic (exact) mass is 314 g/mol. The summed E-state index contributed by atoms with van der Waals surface area (Å²) in [6.45, 7) is 3.28. The number of hydrogen-bond donors (Lipinski definition) is 2. The van der Waals surface area contributed by atoms with Crippen molar-refractivity contribution in [2.24, 2.45) is 5.73 Å². The lowest BCUT2D eigenvalue weighted by Gasteiger charge is -2.23. The number of anilines is 1. The first-order valence-electron chi connectivity index (χ1n) is 5.46. The molecule has 0 aliphatic carbocycles. The van der Waals surface area contributed by atoms with Crippen molar-refractivity contribution in [3.63, 3.8) is 0 Å². The van der Waals surface area contributed by atoms with Gasteiger partial charge in [0.2, 0.25) is 0 Å². The van der Waals surface area contributed by atoms with Crippen LogP contribution in [0.15, 0.2) is 22.7 Å². The second-order valence-corrected chi connectivity index (χ2v) is 5.96. The van der Waals surface area contributed by atoms with E-state index in [1.165, 1.54) is 0 Å². The normalized spacial score (nSPS) is 24.1. The molecule has 1 unspecified atom stereocenters. The van der Waals surface area contributed by atoms with Crippen molar-refractivity contribution in [1.82, 2.24) is 0 Å². The van der Waals surface area contributed by atoms with Crippen LogP contribution in [0.4, 0.5) is 5.69 Å². The Labute approximate surface area is 115 Å². The fourth-order valence-corrected chi connectivity index (χ4v) is 3.09. The highest BCUT2D eigenvalue weighted by Gasteiger charge is 2.32. The molecular weight excluding hydrogens is 300 g/mol. The minimum atomic E-state index is -0.629. The molecule has 1 aromatic rings. The summed E-state index contributed by atoms with van der Waals surface area (Å²) in [5.41, 5.74) is 6.97. The number of rotatable bonds is 2. The molecule has 1 atom stereocenters. The molecule has 17 heavy (non-hydrogen) atoms. The summed E-state index contributed by atoms with van der Waals surface area (Å²) < 4.78 is 0.897. The highest BCUT2D eigenvalue weighted by molar-refractivity contribution is 9.10. The van der Waals surface area contributed by atoms with E-state index in [2.05, 4.69) is 20.8 Å². The third kappa shape index (κ3) is 2.61. The number of hydrogen-bond acceptors (Lipinski definition) is 3. The maximum absolute atomic E-state index is 10.0. The average molecular weight is 315 g/mol. The highest BCUT2D eigenvalue weighted by Crippen LogP contribution is 2.32. The number of benzene rings is 1. The van der Waals surface area contributed by atoms with Crippen LogP contribution in [0, 0.1) is 0 Å². The summed E-state index contributed by atoms with van der Waals surface area (Å²) in [5, 5.41) is 10.0. The van der Waals surface area contributed by atoms with Gasteiger partial charge in [-0.15, -0.1) is 0 Å². The third-order valence-electron chi connectivity index (χ3n) is 3.03. The summed E-state index contributed by atoms with van der Waals surface area (Å²) in [5.74, 6) is 0. The lowest BCUT2D eigenvalue weighted by molar-refractivity contribution is 0.0839. The van der Waals surface area contributed by atoms with Crippen molar-refractivity contribution in [1.29, 1.82) is 0 Å². The second kappa shape index (κ2) is 4.55. The molecule has 0 aromatic heterocycles. The van der Waals surface area contributed by atoms with Gasteiger partial charge in [-0.2, -0.15) is 0 Å². The molecule has 2 rings (SSSR count). The number of β-amino-alcohol motifs (C(OH)–C–C–N with tert-alkyl or cyclic N) is 1. The van der Waals surface area contributed by atoms with Gasteiger partial charge in [0.15, 0.2) is 0 Å². The third-order valence-corrected chi connectivity index (χ3v) is 3.90. The van der Waals surface area contributed by atoms with E-state index in [1.807, 2.05) is 25.1 Å². The van der Waals surface area contributed by atoms with E-state index in [-0.39, 0.29) is 0 Å². The topological polar surface area (TPSA) is 49.5 Å². The Bertz CT molecular complexity index is 462. The van der Waals surface area contributed by atoms with Crippen LogP contribution in [-0.2, 0) is 0 Å². The van der Waals surface area contributed by atoms with Gasteiger partial charge in [0.25, 0.3) is 0 Å². The molecule has 0 spiro atoms. The van der Waals surface area contributed by atoms with E-state index in [4.69, 9.17) is 18.0 Å². The summed E-state index contributed by atoms with van der Waals surface area (Å²) >= 11 is 8.55. The zero-order valence-electron chi connectivity index (χ0n) is 9.61. The van der Waals surface area contributed by atoms with Crippen LogP contribution in [0.1, 0.15) is 18.9 Å². The summed E-state index contributed by atoms with van der Waals surface area (Å²) in [4.78, 5) is 2.50. The molecule has 1 aromatic carbocycles. The Kier molecular flexibility index (Phi) is 3.43. The van der Waals surface area contributed by atoms with Crippen LogP contribution in [0.25, 0.3) is 0 Å². The number of nitrogens with two attached hydrogens (primary N) is 1. The van der Waals surface area contributed by atoms with E-state index in [0.717, 1.165) is 28.7 Å². The van der Waals surface area contributed by atoms with Crippen molar-refractivity contribution in [3.05, 3.63) is 28.2 Å². The molecule has 3 N–H and O–H groups in total. The minimum absolute atomic E-state index is 0.374. The van der Waals surface area contributed by atoms with Crippen LogP contribution in [0.3, 0.4) is 0 Å². The highest BCUT2D eigenvalue weighted by atomic mass is 79.9. The number of thiocarbonyl (C=S) groups is 1. The average Bonchev–Trinajstić information content (AvgIpc) is 2.57. The standard InChI is InChI=1S/C12H15BrN2OS/c1-12(16)5-6-15(7-12)9-4-2-3-8(13)10(9)11(14)17/h2-4,16H,5-7H2,1H3,(H2,14,17). The first kappa shape index (κ1) is 12.8. The van der Waals surface area contributed by atoms with E-state index in [9.17, 15) is 5.11 Å². The van der Waals surface area contributed by atoms with Crippen molar-refractivity contribution >= 4 is 38.8 Å². The largest absolute Gasteiger partial charge is 0.389 e. The van der Waals surface area contributed by atoms with Crippen LogP contribution in [-0.4, -0.2) is 28.8 Å². The van der Waals surface area contributed by atoms with Crippen molar-refractivity contribution < 1.29 is 5.11 Å². The molecule has 3 nitrogen and oxygen atoms in total. The van der Waals surface area contributed by atoms with Gasteiger partial charge in [-0.1, -0.05) is 18.3 Å². The summed E-state index contributed by atoms with van der Waals surface area (Å²) in [6.07, 6.45) is 0.760.